The van der Waals surface area contributed by atoms with Crippen LogP contribution in [0.25, 0.3) is 0 Å². The second kappa shape index (κ2) is 3.60. The molecule has 1 rings (SSSR count). The van der Waals surface area contributed by atoms with Crippen molar-refractivity contribution in [3.63, 3.8) is 0 Å². The van der Waals surface area contributed by atoms with E-state index in [2.05, 4.69) is 5.43 Å². The fourth-order valence-electron chi connectivity index (χ4n) is 0.936. The van der Waals surface area contributed by atoms with Crippen molar-refractivity contribution in [2.24, 2.45) is 5.84 Å². The Bertz CT molecular complexity index is 276. The minimum atomic E-state index is -0.464. The molecular formula is C8H10F2N2. The maximum absolute atomic E-state index is 12.9. The molecule has 1 aromatic carbocycles. The summed E-state index contributed by atoms with van der Waals surface area (Å²) in [6.07, 6.45) is 0. The molecule has 1 aromatic rings. The van der Waals surface area contributed by atoms with Crippen molar-refractivity contribution in [2.45, 2.75) is 13.0 Å². The summed E-state index contributed by atoms with van der Waals surface area (Å²) in [5, 5.41) is 0. The fourth-order valence-corrected chi connectivity index (χ4v) is 0.936. The summed E-state index contributed by atoms with van der Waals surface area (Å²) in [5.41, 5.74) is 2.58. The van der Waals surface area contributed by atoms with Crippen molar-refractivity contribution in [3.8, 4) is 0 Å². The molecular weight excluding hydrogens is 162 g/mol. The van der Waals surface area contributed by atoms with Gasteiger partial charge < -0.3 is 0 Å². The quantitative estimate of drug-likeness (QED) is 0.524. The van der Waals surface area contributed by atoms with Crippen LogP contribution in [-0.4, -0.2) is 0 Å². The molecule has 12 heavy (non-hydrogen) atoms. The molecule has 0 aliphatic rings. The van der Waals surface area contributed by atoms with Gasteiger partial charge in [0, 0.05) is 11.6 Å². The van der Waals surface area contributed by atoms with Crippen molar-refractivity contribution >= 4 is 0 Å². The largest absolute Gasteiger partial charge is 0.271 e. The van der Waals surface area contributed by atoms with E-state index in [-0.39, 0.29) is 11.6 Å². The van der Waals surface area contributed by atoms with Crippen molar-refractivity contribution in [1.82, 2.24) is 5.43 Å². The summed E-state index contributed by atoms with van der Waals surface area (Å²) in [6.45, 7) is 1.65. The van der Waals surface area contributed by atoms with Crippen molar-refractivity contribution in [3.05, 3.63) is 35.4 Å². The lowest BCUT2D eigenvalue weighted by atomic mass is 10.1. The number of halogens is 2. The monoisotopic (exact) mass is 172 g/mol. The molecule has 0 radical (unpaired) electrons. The lowest BCUT2D eigenvalue weighted by molar-refractivity contribution is 0.530. The van der Waals surface area contributed by atoms with E-state index < -0.39 is 11.6 Å². The molecule has 0 heterocycles. The van der Waals surface area contributed by atoms with Gasteiger partial charge in [0.1, 0.15) is 11.6 Å². The van der Waals surface area contributed by atoms with Gasteiger partial charge >= 0.3 is 0 Å². The molecule has 0 spiro atoms. The molecule has 0 aliphatic carbocycles. The topological polar surface area (TPSA) is 38.0 Å². The first-order valence-electron chi connectivity index (χ1n) is 3.56. The third-order valence-corrected chi connectivity index (χ3v) is 1.67. The lowest BCUT2D eigenvalue weighted by Crippen LogP contribution is -2.26. The third kappa shape index (κ3) is 1.78. The molecule has 3 N–H and O–H groups in total. The Hall–Kier alpha value is -1.00. The summed E-state index contributed by atoms with van der Waals surface area (Å²) in [6, 6.07) is 2.89. The van der Waals surface area contributed by atoms with Gasteiger partial charge in [0.15, 0.2) is 0 Å². The molecule has 66 valence electrons. The van der Waals surface area contributed by atoms with Gasteiger partial charge in [-0.1, -0.05) is 0 Å². The van der Waals surface area contributed by atoms with Crippen LogP contribution in [0.3, 0.4) is 0 Å². The van der Waals surface area contributed by atoms with E-state index in [0.717, 1.165) is 18.2 Å². The van der Waals surface area contributed by atoms with Gasteiger partial charge in [0.05, 0.1) is 0 Å². The fraction of sp³-hybridized carbons (Fsp3) is 0.250. The SMILES string of the molecule is CC(NN)c1cc(F)ccc1F. The predicted molar refractivity (Wildman–Crippen MR) is 42.1 cm³/mol. The van der Waals surface area contributed by atoms with E-state index in [1.165, 1.54) is 0 Å². The second-order valence-electron chi connectivity index (χ2n) is 2.55. The normalized spacial score (nSPS) is 13.0. The van der Waals surface area contributed by atoms with Gasteiger partial charge in [0.2, 0.25) is 0 Å². The second-order valence-corrected chi connectivity index (χ2v) is 2.55. The molecule has 0 fully saturated rings. The number of hydrogen-bond acceptors (Lipinski definition) is 2. The molecule has 0 aliphatic heterocycles. The first kappa shape index (κ1) is 9.09. The van der Waals surface area contributed by atoms with Crippen molar-refractivity contribution < 1.29 is 8.78 Å². The van der Waals surface area contributed by atoms with Crippen LogP contribution in [0.5, 0.6) is 0 Å². The minimum absolute atomic E-state index is 0.234. The van der Waals surface area contributed by atoms with E-state index >= 15 is 0 Å². The highest BCUT2D eigenvalue weighted by molar-refractivity contribution is 5.21. The average molecular weight is 172 g/mol. The zero-order valence-electron chi connectivity index (χ0n) is 6.64. The van der Waals surface area contributed by atoms with Crippen molar-refractivity contribution in [2.75, 3.05) is 0 Å². The molecule has 0 saturated carbocycles. The number of hydrazine groups is 1. The molecule has 1 atom stereocenters. The predicted octanol–water partition coefficient (Wildman–Crippen LogP) is 1.49. The first-order chi connectivity index (χ1) is 5.65. The van der Waals surface area contributed by atoms with Crippen LogP contribution in [-0.2, 0) is 0 Å². The highest BCUT2D eigenvalue weighted by Gasteiger charge is 2.09. The summed E-state index contributed by atoms with van der Waals surface area (Å²) in [7, 11) is 0. The maximum Gasteiger partial charge on any atom is 0.128 e. The van der Waals surface area contributed by atoms with E-state index in [0.29, 0.717) is 0 Å². The molecule has 0 aromatic heterocycles. The van der Waals surface area contributed by atoms with Crippen LogP contribution in [0.1, 0.15) is 18.5 Å². The standard InChI is InChI=1S/C8H10F2N2/c1-5(12-11)7-4-6(9)2-3-8(7)10/h2-5,12H,11H2,1H3. The lowest BCUT2D eigenvalue weighted by Gasteiger charge is -2.10. The Morgan fingerprint density at radius 2 is 2.08 bits per heavy atom. The first-order valence-corrected chi connectivity index (χ1v) is 3.56. The molecule has 2 nitrogen and oxygen atoms in total. The number of hydrogen-bond donors (Lipinski definition) is 2. The summed E-state index contributed by atoms with van der Waals surface area (Å²) in [5.74, 6) is 4.16. The molecule has 0 bridgehead atoms. The van der Waals surface area contributed by atoms with Crippen LogP contribution < -0.4 is 11.3 Å². The molecule has 1 unspecified atom stereocenters. The summed E-state index contributed by atoms with van der Waals surface area (Å²) in [4.78, 5) is 0. The zero-order chi connectivity index (χ0) is 9.14. The van der Waals surface area contributed by atoms with E-state index in [1.807, 2.05) is 0 Å². The number of nitrogens with two attached hydrogens (primary N) is 1. The van der Waals surface area contributed by atoms with Crippen LogP contribution in [0.15, 0.2) is 18.2 Å². The molecule has 0 saturated heterocycles. The summed E-state index contributed by atoms with van der Waals surface area (Å²) < 4.78 is 25.6. The van der Waals surface area contributed by atoms with Crippen LogP contribution in [0.4, 0.5) is 8.78 Å². The van der Waals surface area contributed by atoms with Gasteiger partial charge in [-0.25, -0.2) is 8.78 Å². The van der Waals surface area contributed by atoms with Gasteiger partial charge in [-0.15, -0.1) is 0 Å². The number of nitrogens with one attached hydrogen (secondary N) is 1. The van der Waals surface area contributed by atoms with Gasteiger partial charge in [-0.2, -0.15) is 0 Å². The van der Waals surface area contributed by atoms with Crippen molar-refractivity contribution in [1.29, 1.82) is 0 Å². The Morgan fingerprint density at radius 1 is 1.42 bits per heavy atom. The molecule has 0 amide bonds. The van der Waals surface area contributed by atoms with E-state index in [4.69, 9.17) is 5.84 Å². The number of rotatable bonds is 2. The Kier molecular flexibility index (Phi) is 2.73. The van der Waals surface area contributed by atoms with E-state index in [9.17, 15) is 8.78 Å². The Morgan fingerprint density at radius 3 is 2.67 bits per heavy atom. The minimum Gasteiger partial charge on any atom is -0.271 e. The average Bonchev–Trinajstić information content (AvgIpc) is 2.08. The highest BCUT2D eigenvalue weighted by Crippen LogP contribution is 2.16. The van der Waals surface area contributed by atoms with Gasteiger partial charge in [-0.05, 0) is 25.1 Å². The Labute approximate surface area is 69.4 Å². The number of benzene rings is 1. The van der Waals surface area contributed by atoms with Gasteiger partial charge in [-0.3, -0.25) is 11.3 Å². The summed E-state index contributed by atoms with van der Waals surface area (Å²) >= 11 is 0. The smallest absolute Gasteiger partial charge is 0.128 e. The highest BCUT2D eigenvalue weighted by atomic mass is 19.1. The van der Waals surface area contributed by atoms with Crippen LogP contribution in [0, 0.1) is 11.6 Å². The van der Waals surface area contributed by atoms with Gasteiger partial charge in [0.25, 0.3) is 0 Å². The molecule has 4 heteroatoms. The Balaban J connectivity index is 3.04. The zero-order valence-corrected chi connectivity index (χ0v) is 6.64. The van der Waals surface area contributed by atoms with Crippen LogP contribution >= 0.6 is 0 Å². The van der Waals surface area contributed by atoms with Crippen LogP contribution in [0.2, 0.25) is 0 Å². The maximum atomic E-state index is 12.9. The van der Waals surface area contributed by atoms with E-state index in [1.54, 1.807) is 6.92 Å². The third-order valence-electron chi connectivity index (χ3n) is 1.67.